The highest BCUT2D eigenvalue weighted by Crippen LogP contribution is 2.20. The molecule has 0 aliphatic rings. The summed E-state index contributed by atoms with van der Waals surface area (Å²) in [6.07, 6.45) is 2.56. The zero-order chi connectivity index (χ0) is 30.8. The fourth-order valence-electron chi connectivity index (χ4n) is 4.50. The van der Waals surface area contributed by atoms with E-state index in [4.69, 9.17) is 24.9 Å². The van der Waals surface area contributed by atoms with Gasteiger partial charge in [-0.2, -0.15) is 11.0 Å². The largest absolute Gasteiger partial charge is 0.480 e. The SMILES string of the molecule is CON[C@@H](Cc1ccc(OC(=O)[C@H](Cc2ccc(OC(=O)[C@@H](N)Cc3c[nH]c4ccccc34)cc2)NOC)cc1)C(=O)O. The molecule has 0 aliphatic carbocycles. The number of fused-ring (bicyclic) bond motifs is 1. The Balaban J connectivity index is 1.31. The molecular formula is C31H34N4O8. The van der Waals surface area contributed by atoms with Crippen LogP contribution in [-0.4, -0.2) is 60.3 Å². The summed E-state index contributed by atoms with van der Waals surface area (Å²) >= 11 is 0. The fourth-order valence-corrected chi connectivity index (χ4v) is 4.50. The van der Waals surface area contributed by atoms with Gasteiger partial charge in [-0.05, 0) is 47.0 Å². The number of nitrogens with two attached hydrogens (primary N) is 1. The van der Waals surface area contributed by atoms with Crippen molar-refractivity contribution < 1.29 is 38.6 Å². The van der Waals surface area contributed by atoms with Crippen LogP contribution in [0.15, 0.2) is 79.0 Å². The van der Waals surface area contributed by atoms with Crippen LogP contribution in [0.3, 0.4) is 0 Å². The van der Waals surface area contributed by atoms with E-state index in [0.717, 1.165) is 22.0 Å². The number of ether oxygens (including phenoxy) is 2. The van der Waals surface area contributed by atoms with E-state index in [1.54, 1.807) is 48.5 Å². The van der Waals surface area contributed by atoms with Crippen molar-refractivity contribution in [2.75, 3.05) is 14.2 Å². The first-order valence-electron chi connectivity index (χ1n) is 13.5. The first-order chi connectivity index (χ1) is 20.8. The van der Waals surface area contributed by atoms with Crippen molar-refractivity contribution in [1.29, 1.82) is 0 Å². The molecule has 0 aliphatic heterocycles. The molecular weight excluding hydrogens is 556 g/mol. The molecule has 12 nitrogen and oxygen atoms in total. The number of aliphatic carboxylic acids is 1. The van der Waals surface area contributed by atoms with E-state index in [2.05, 4.69) is 15.9 Å². The molecule has 4 aromatic rings. The predicted molar refractivity (Wildman–Crippen MR) is 157 cm³/mol. The molecule has 0 fully saturated rings. The Bertz CT molecular complexity index is 1520. The predicted octanol–water partition coefficient (Wildman–Crippen LogP) is 2.46. The van der Waals surface area contributed by atoms with E-state index in [-0.39, 0.29) is 18.6 Å². The molecule has 0 saturated carbocycles. The maximum absolute atomic E-state index is 12.9. The highest BCUT2D eigenvalue weighted by atomic mass is 16.6. The Kier molecular flexibility index (Phi) is 11.0. The highest BCUT2D eigenvalue weighted by molar-refractivity contribution is 5.85. The van der Waals surface area contributed by atoms with E-state index in [0.29, 0.717) is 17.7 Å². The molecule has 43 heavy (non-hydrogen) atoms. The van der Waals surface area contributed by atoms with Crippen molar-refractivity contribution in [2.45, 2.75) is 37.4 Å². The Morgan fingerprint density at radius 3 is 1.88 bits per heavy atom. The molecule has 3 atom stereocenters. The van der Waals surface area contributed by atoms with Gasteiger partial charge in [-0.15, -0.1) is 0 Å². The second-order valence-corrected chi connectivity index (χ2v) is 9.80. The third-order valence-electron chi connectivity index (χ3n) is 6.68. The molecule has 226 valence electrons. The molecule has 0 unspecified atom stereocenters. The summed E-state index contributed by atoms with van der Waals surface area (Å²) in [6, 6.07) is 18.4. The fraction of sp³-hybridized carbons (Fsp3) is 0.258. The summed E-state index contributed by atoms with van der Waals surface area (Å²) in [5.74, 6) is -1.58. The number of rotatable bonds is 15. The van der Waals surface area contributed by atoms with E-state index in [1.807, 2.05) is 30.5 Å². The lowest BCUT2D eigenvalue weighted by atomic mass is 10.1. The summed E-state index contributed by atoms with van der Waals surface area (Å²) in [4.78, 5) is 49.7. The van der Waals surface area contributed by atoms with Gasteiger partial charge in [0.1, 0.15) is 29.6 Å². The number of carbonyl (C=O) groups excluding carboxylic acids is 2. The molecule has 0 bridgehead atoms. The van der Waals surface area contributed by atoms with Crippen molar-refractivity contribution in [3.8, 4) is 11.5 Å². The van der Waals surface area contributed by atoms with Crippen molar-refractivity contribution in [2.24, 2.45) is 5.73 Å². The lowest BCUT2D eigenvalue weighted by Crippen LogP contribution is -2.40. The van der Waals surface area contributed by atoms with Crippen molar-refractivity contribution in [3.63, 3.8) is 0 Å². The zero-order valence-corrected chi connectivity index (χ0v) is 23.7. The minimum absolute atomic E-state index is 0.173. The maximum atomic E-state index is 12.9. The first kappa shape index (κ1) is 31.3. The molecule has 0 radical (unpaired) electrons. The number of esters is 2. The first-order valence-corrected chi connectivity index (χ1v) is 13.5. The van der Waals surface area contributed by atoms with Crippen LogP contribution in [0.4, 0.5) is 0 Å². The van der Waals surface area contributed by atoms with E-state index < -0.39 is 36.0 Å². The number of carboxylic acids is 1. The molecule has 4 rings (SSSR count). The summed E-state index contributed by atoms with van der Waals surface area (Å²) in [5, 5.41) is 10.3. The number of nitrogens with one attached hydrogen (secondary N) is 3. The summed E-state index contributed by atoms with van der Waals surface area (Å²) in [7, 11) is 2.74. The number of benzene rings is 3. The highest BCUT2D eigenvalue weighted by Gasteiger charge is 2.23. The number of hydrogen-bond donors (Lipinski definition) is 5. The van der Waals surface area contributed by atoms with E-state index in [9.17, 15) is 19.5 Å². The van der Waals surface area contributed by atoms with Crippen LogP contribution in [0, 0.1) is 0 Å². The zero-order valence-electron chi connectivity index (χ0n) is 23.7. The number of hydroxylamine groups is 2. The van der Waals surface area contributed by atoms with Gasteiger partial charge in [0, 0.05) is 36.4 Å². The third-order valence-corrected chi connectivity index (χ3v) is 6.68. The standard InChI is InChI=1S/C31H34N4O8/c1-40-34-27(29(36)37)15-19-7-13-23(14-8-19)43-31(39)28(35-41-2)16-20-9-11-22(12-10-20)42-30(38)25(32)17-21-18-33-26-6-4-3-5-24(21)26/h3-14,18,25,27-28,33-35H,15-17,32H2,1-2H3,(H,36,37)/t25-,27-,28-/m0/s1. The van der Waals surface area contributed by atoms with Gasteiger partial charge in [-0.1, -0.05) is 42.5 Å². The molecule has 1 heterocycles. The number of aromatic amines is 1. The van der Waals surface area contributed by atoms with Crippen molar-refractivity contribution in [3.05, 3.63) is 95.7 Å². The Hall–Kier alpha value is -4.59. The quantitative estimate of drug-likeness (QED) is 0.0782. The average Bonchev–Trinajstić information content (AvgIpc) is 3.41. The van der Waals surface area contributed by atoms with Crippen LogP contribution in [0.25, 0.3) is 10.9 Å². The van der Waals surface area contributed by atoms with Gasteiger partial charge in [-0.25, -0.2) is 9.59 Å². The maximum Gasteiger partial charge on any atom is 0.331 e. The van der Waals surface area contributed by atoms with Gasteiger partial charge in [-0.3, -0.25) is 4.79 Å². The smallest absolute Gasteiger partial charge is 0.331 e. The van der Waals surface area contributed by atoms with Crippen LogP contribution in [0.1, 0.15) is 16.7 Å². The molecule has 3 aromatic carbocycles. The van der Waals surface area contributed by atoms with Crippen LogP contribution in [-0.2, 0) is 43.3 Å². The number of hydrogen-bond acceptors (Lipinski definition) is 10. The Morgan fingerprint density at radius 2 is 1.30 bits per heavy atom. The molecule has 1 aromatic heterocycles. The Labute approximate surface area is 248 Å². The monoisotopic (exact) mass is 590 g/mol. The lowest BCUT2D eigenvalue weighted by Gasteiger charge is -2.17. The van der Waals surface area contributed by atoms with Crippen molar-refractivity contribution >= 4 is 28.8 Å². The number of H-pyrrole nitrogens is 1. The van der Waals surface area contributed by atoms with Gasteiger partial charge in [0.25, 0.3) is 0 Å². The van der Waals surface area contributed by atoms with Crippen LogP contribution < -0.4 is 26.2 Å². The molecule has 6 N–H and O–H groups in total. The molecule has 0 spiro atoms. The van der Waals surface area contributed by atoms with Crippen LogP contribution in [0.2, 0.25) is 0 Å². The summed E-state index contributed by atoms with van der Waals surface area (Å²) in [5.41, 5.74) is 14.6. The van der Waals surface area contributed by atoms with Crippen molar-refractivity contribution in [1.82, 2.24) is 15.9 Å². The van der Waals surface area contributed by atoms with Crippen LogP contribution in [0.5, 0.6) is 11.5 Å². The Morgan fingerprint density at radius 1 is 0.767 bits per heavy atom. The minimum atomic E-state index is -1.05. The van der Waals surface area contributed by atoms with E-state index in [1.165, 1.54) is 14.2 Å². The number of carbonyl (C=O) groups is 3. The number of aromatic nitrogens is 1. The molecule has 0 amide bonds. The summed E-state index contributed by atoms with van der Waals surface area (Å²) in [6.45, 7) is 0. The van der Waals surface area contributed by atoms with E-state index >= 15 is 0 Å². The number of para-hydroxylation sites is 1. The second-order valence-electron chi connectivity index (χ2n) is 9.80. The summed E-state index contributed by atoms with van der Waals surface area (Å²) < 4.78 is 11.0. The van der Waals surface area contributed by atoms with Gasteiger partial charge in [0.15, 0.2) is 0 Å². The topological polar surface area (TPSA) is 174 Å². The van der Waals surface area contributed by atoms with Gasteiger partial charge in [0.05, 0.1) is 14.2 Å². The van der Waals surface area contributed by atoms with Gasteiger partial charge < -0.3 is 35.0 Å². The molecule has 0 saturated heterocycles. The van der Waals surface area contributed by atoms with Crippen LogP contribution >= 0.6 is 0 Å². The molecule has 12 heteroatoms. The third kappa shape index (κ3) is 8.70. The van der Waals surface area contributed by atoms with Gasteiger partial charge in [0.2, 0.25) is 0 Å². The second kappa shape index (κ2) is 15.0. The normalized spacial score (nSPS) is 13.3. The lowest BCUT2D eigenvalue weighted by molar-refractivity contribution is -0.143. The number of carboxylic acid groups (broad SMARTS) is 1. The minimum Gasteiger partial charge on any atom is -0.480 e. The average molecular weight is 591 g/mol. The van der Waals surface area contributed by atoms with Gasteiger partial charge >= 0.3 is 17.9 Å².